The van der Waals surface area contributed by atoms with Gasteiger partial charge in [0.25, 0.3) is 0 Å². The number of allylic oxidation sites excluding steroid dienone is 2. The summed E-state index contributed by atoms with van der Waals surface area (Å²) in [5.74, 6) is -1.27. The van der Waals surface area contributed by atoms with Crippen LogP contribution in [-0.4, -0.2) is 66.9 Å². The fourth-order valence-electron chi connectivity index (χ4n) is 4.67. The largest absolute Gasteiger partial charge is 0.495 e. The van der Waals surface area contributed by atoms with E-state index in [-0.39, 0.29) is 35.5 Å². The maximum Gasteiger partial charge on any atom is 0.335 e. The number of carboxylic acid groups (broad SMARTS) is 1. The zero-order valence-electron chi connectivity index (χ0n) is 23.4. The second-order valence-electron chi connectivity index (χ2n) is 9.66. The van der Waals surface area contributed by atoms with Crippen LogP contribution >= 0.6 is 11.6 Å². The van der Waals surface area contributed by atoms with Crippen molar-refractivity contribution < 1.29 is 33.8 Å². The average Bonchev–Trinajstić information content (AvgIpc) is 2.97. The minimum atomic E-state index is -1.06. The van der Waals surface area contributed by atoms with Gasteiger partial charge in [0.1, 0.15) is 18.1 Å². The fraction of sp³-hybridized carbons (Fsp3) is 0.355. The summed E-state index contributed by atoms with van der Waals surface area (Å²) in [7, 11) is 3.15. The highest BCUT2D eigenvalue weighted by molar-refractivity contribution is 6.31. The van der Waals surface area contributed by atoms with Crippen LogP contribution in [0.4, 0.5) is 5.69 Å². The van der Waals surface area contributed by atoms with E-state index >= 15 is 0 Å². The van der Waals surface area contributed by atoms with Crippen molar-refractivity contribution in [3.05, 3.63) is 82.2 Å². The Morgan fingerprint density at radius 1 is 1.17 bits per heavy atom. The first kappa shape index (κ1) is 31.6. The first-order valence-electron chi connectivity index (χ1n) is 13.4. The van der Waals surface area contributed by atoms with E-state index in [2.05, 4.69) is 5.32 Å². The highest BCUT2D eigenvalue weighted by atomic mass is 35.5. The van der Waals surface area contributed by atoms with Crippen LogP contribution < -0.4 is 5.32 Å². The summed E-state index contributed by atoms with van der Waals surface area (Å²) >= 11 is 6.27. The Bertz CT molecular complexity index is 1310. The summed E-state index contributed by atoms with van der Waals surface area (Å²) in [5, 5.41) is 12.4. The summed E-state index contributed by atoms with van der Waals surface area (Å²) in [4.78, 5) is 50.9. The van der Waals surface area contributed by atoms with E-state index < -0.39 is 12.0 Å². The summed E-state index contributed by atoms with van der Waals surface area (Å²) in [6.45, 7) is 2.37. The number of benzene rings is 2. The number of methoxy groups -OCH3 is 1. The number of likely N-dealkylation sites (N-methyl/N-ethyl adjacent to an activating group) is 1. The number of carboxylic acids is 1. The number of amides is 1. The topological polar surface area (TPSA) is 122 Å². The van der Waals surface area contributed by atoms with Gasteiger partial charge in [-0.1, -0.05) is 18.5 Å². The highest BCUT2D eigenvalue weighted by Crippen LogP contribution is 2.31. The van der Waals surface area contributed by atoms with Crippen molar-refractivity contribution in [3.8, 4) is 0 Å². The zero-order valence-corrected chi connectivity index (χ0v) is 24.1. The third kappa shape index (κ3) is 8.52. The second kappa shape index (κ2) is 15.2. The SMILES string of the molecule is CCC(=O)c1ccc(Cl)cc1C(=C/C=O)/C(=C\N(C)C(CC1CCCCO1)C(=O)Nc1ccc(C(=O)O)cc1)OC. The minimum Gasteiger partial charge on any atom is -0.495 e. The van der Waals surface area contributed by atoms with Gasteiger partial charge in [0, 0.05) is 54.5 Å². The molecule has 9 nitrogen and oxygen atoms in total. The number of aromatic carboxylic acids is 1. The molecule has 2 aromatic rings. The van der Waals surface area contributed by atoms with Gasteiger partial charge in [-0.3, -0.25) is 14.4 Å². The van der Waals surface area contributed by atoms with Crippen LogP contribution in [0.5, 0.6) is 0 Å². The molecule has 1 fully saturated rings. The van der Waals surface area contributed by atoms with Gasteiger partial charge in [0.05, 0.1) is 18.8 Å². The molecule has 41 heavy (non-hydrogen) atoms. The van der Waals surface area contributed by atoms with E-state index in [1.807, 2.05) is 0 Å². The molecule has 2 aromatic carbocycles. The monoisotopic (exact) mass is 582 g/mol. The Kier molecular flexibility index (Phi) is 11.7. The molecule has 2 N–H and O–H groups in total. The zero-order chi connectivity index (χ0) is 29.9. The third-order valence-corrected chi connectivity index (χ3v) is 7.12. The van der Waals surface area contributed by atoms with Gasteiger partial charge in [-0.25, -0.2) is 4.79 Å². The molecule has 218 valence electrons. The van der Waals surface area contributed by atoms with Crippen molar-refractivity contribution >= 4 is 46.8 Å². The van der Waals surface area contributed by atoms with E-state index in [1.54, 1.807) is 43.3 Å². The number of anilines is 1. The number of Topliss-reactive ketones (excluding diaryl/α,β-unsaturated/α-hetero) is 1. The number of carbonyl (C=O) groups excluding carboxylic acids is 3. The van der Waals surface area contributed by atoms with E-state index in [0.29, 0.717) is 46.7 Å². The van der Waals surface area contributed by atoms with Gasteiger partial charge in [0.15, 0.2) is 5.78 Å². The molecule has 0 radical (unpaired) electrons. The summed E-state index contributed by atoms with van der Waals surface area (Å²) in [6.07, 6.45) is 6.78. The van der Waals surface area contributed by atoms with E-state index in [1.165, 1.54) is 37.5 Å². The fourth-order valence-corrected chi connectivity index (χ4v) is 4.85. The average molecular weight is 583 g/mol. The van der Waals surface area contributed by atoms with Crippen molar-refractivity contribution in [2.75, 3.05) is 26.1 Å². The number of nitrogens with zero attached hydrogens (tertiary/aromatic N) is 1. The molecule has 3 rings (SSSR count). The van der Waals surface area contributed by atoms with Gasteiger partial charge >= 0.3 is 5.97 Å². The lowest BCUT2D eigenvalue weighted by Gasteiger charge is -2.32. The molecular formula is C31H35ClN2O7. The molecule has 1 aliphatic rings. The van der Waals surface area contributed by atoms with E-state index in [4.69, 9.17) is 21.1 Å². The highest BCUT2D eigenvalue weighted by Gasteiger charge is 2.29. The number of ketones is 1. The Labute approximate surface area is 244 Å². The molecule has 0 bridgehead atoms. The molecule has 1 heterocycles. The second-order valence-corrected chi connectivity index (χ2v) is 10.1. The normalized spacial score (nSPS) is 16.4. The molecule has 0 saturated carbocycles. The number of ether oxygens (including phenoxy) is 2. The number of hydrogen-bond acceptors (Lipinski definition) is 7. The lowest BCUT2D eigenvalue weighted by atomic mass is 9.94. The predicted molar refractivity (Wildman–Crippen MR) is 157 cm³/mol. The number of nitrogens with one attached hydrogen (secondary N) is 1. The van der Waals surface area contributed by atoms with Gasteiger partial charge in [-0.05, 0) is 73.4 Å². The van der Waals surface area contributed by atoms with Crippen LogP contribution in [0, 0.1) is 0 Å². The van der Waals surface area contributed by atoms with Crippen molar-refractivity contribution in [1.29, 1.82) is 0 Å². The van der Waals surface area contributed by atoms with Gasteiger partial charge in [-0.15, -0.1) is 0 Å². The smallest absolute Gasteiger partial charge is 0.335 e. The van der Waals surface area contributed by atoms with Gasteiger partial charge in [-0.2, -0.15) is 0 Å². The van der Waals surface area contributed by atoms with Crippen LogP contribution in [0.15, 0.2) is 60.5 Å². The van der Waals surface area contributed by atoms with Crippen molar-refractivity contribution in [3.63, 3.8) is 0 Å². The lowest BCUT2D eigenvalue weighted by Crippen LogP contribution is -2.42. The van der Waals surface area contributed by atoms with Crippen molar-refractivity contribution in [2.24, 2.45) is 0 Å². The lowest BCUT2D eigenvalue weighted by molar-refractivity contribution is -0.122. The Morgan fingerprint density at radius 3 is 2.49 bits per heavy atom. The number of aldehydes is 1. The van der Waals surface area contributed by atoms with Crippen LogP contribution in [0.1, 0.15) is 65.3 Å². The molecular weight excluding hydrogens is 548 g/mol. The maximum absolute atomic E-state index is 13.6. The van der Waals surface area contributed by atoms with Gasteiger partial charge < -0.3 is 24.8 Å². The molecule has 0 aliphatic carbocycles. The standard InChI is InChI=1S/C31H35ClN2O7/c1-4-28(36)24-13-10-21(32)17-26(24)25(14-15-35)29(40-3)19-34(2)27(18-23-7-5-6-16-41-23)30(37)33-22-11-8-20(9-12-22)31(38)39/h8-15,17,19,23,27H,4-7,16,18H2,1-3H3,(H,33,37)(H,38,39)/b25-14-,29-19+. The Morgan fingerprint density at radius 2 is 1.90 bits per heavy atom. The van der Waals surface area contributed by atoms with Crippen LogP contribution in [0.2, 0.25) is 5.02 Å². The molecule has 10 heteroatoms. The molecule has 1 saturated heterocycles. The number of hydrogen-bond donors (Lipinski definition) is 2. The quantitative estimate of drug-likeness (QED) is 0.103. The minimum absolute atomic E-state index is 0.108. The maximum atomic E-state index is 13.6. The predicted octanol–water partition coefficient (Wildman–Crippen LogP) is 5.60. The van der Waals surface area contributed by atoms with E-state index in [9.17, 15) is 24.3 Å². The first-order valence-corrected chi connectivity index (χ1v) is 13.8. The molecule has 2 atom stereocenters. The summed E-state index contributed by atoms with van der Waals surface area (Å²) in [5.41, 5.74) is 1.72. The van der Waals surface area contributed by atoms with Crippen LogP contribution in [0.25, 0.3) is 5.57 Å². The van der Waals surface area contributed by atoms with Crippen LogP contribution in [-0.2, 0) is 19.1 Å². The van der Waals surface area contributed by atoms with E-state index in [0.717, 1.165) is 19.3 Å². The first-order chi connectivity index (χ1) is 19.7. The molecule has 0 spiro atoms. The number of rotatable bonds is 13. The van der Waals surface area contributed by atoms with Crippen molar-refractivity contribution in [1.82, 2.24) is 4.90 Å². The Balaban J connectivity index is 1.98. The van der Waals surface area contributed by atoms with Gasteiger partial charge in [0.2, 0.25) is 5.91 Å². The number of carbonyl (C=O) groups is 4. The molecule has 2 unspecified atom stereocenters. The Hall–Kier alpha value is -3.95. The molecule has 1 aliphatic heterocycles. The molecule has 0 aromatic heterocycles. The third-order valence-electron chi connectivity index (χ3n) is 6.89. The summed E-state index contributed by atoms with van der Waals surface area (Å²) < 4.78 is 11.6. The number of halogens is 1. The summed E-state index contributed by atoms with van der Waals surface area (Å²) in [6, 6.07) is 10.0. The molecule has 1 amide bonds. The van der Waals surface area contributed by atoms with Crippen LogP contribution in [0.3, 0.4) is 0 Å². The van der Waals surface area contributed by atoms with Crippen molar-refractivity contribution in [2.45, 2.75) is 51.2 Å².